The average molecular weight is 458 g/mol. The van der Waals surface area contributed by atoms with Gasteiger partial charge in [0.25, 0.3) is 0 Å². The monoisotopic (exact) mass is 457 g/mol. The second kappa shape index (κ2) is 12.1. The third-order valence-corrected chi connectivity index (χ3v) is 5.04. The summed E-state index contributed by atoms with van der Waals surface area (Å²) in [5, 5.41) is 10.8. The van der Waals surface area contributed by atoms with Crippen LogP contribution in [-0.4, -0.2) is 48.2 Å². The van der Waals surface area contributed by atoms with Gasteiger partial charge in [0.05, 0.1) is 5.02 Å². The van der Waals surface area contributed by atoms with Crippen molar-refractivity contribution in [3.63, 3.8) is 0 Å². The molecule has 0 fully saturated rings. The van der Waals surface area contributed by atoms with E-state index in [9.17, 15) is 18.1 Å². The molecule has 0 bridgehead atoms. The molecule has 0 saturated carbocycles. The van der Waals surface area contributed by atoms with Crippen molar-refractivity contribution < 1.29 is 74.2 Å². The molecule has 2 rings (SSSR count). The Morgan fingerprint density at radius 2 is 1.81 bits per heavy atom. The number of benzene rings is 2. The van der Waals surface area contributed by atoms with Crippen LogP contribution in [0.4, 0.5) is 0 Å². The van der Waals surface area contributed by atoms with Crippen molar-refractivity contribution in [2.24, 2.45) is 0 Å². The third kappa shape index (κ3) is 9.10. The molecule has 0 spiro atoms. The average Bonchev–Trinajstić information content (AvgIpc) is 2.57. The summed E-state index contributed by atoms with van der Waals surface area (Å²) in [6.07, 6.45) is -0.833. The molecule has 10 heteroatoms. The first-order valence-electron chi connectivity index (χ1n) is 7.76. The van der Waals surface area contributed by atoms with Crippen LogP contribution >= 0.6 is 23.2 Å². The number of aliphatic hydroxyl groups is 1. The van der Waals surface area contributed by atoms with E-state index in [0.29, 0.717) is 21.5 Å². The summed E-state index contributed by atoms with van der Waals surface area (Å²) >= 11 is 11.7. The van der Waals surface area contributed by atoms with Crippen LogP contribution in [0, 0.1) is 0 Å². The minimum Gasteiger partial charge on any atom is -0.735 e. The van der Waals surface area contributed by atoms with Gasteiger partial charge in [-0.1, -0.05) is 53.5 Å². The minimum atomic E-state index is -4.70. The topological polar surface area (TPSA) is 89.9 Å². The van der Waals surface area contributed by atoms with E-state index in [1.54, 1.807) is 6.07 Å². The van der Waals surface area contributed by atoms with Crippen molar-refractivity contribution in [1.29, 1.82) is 0 Å². The summed E-state index contributed by atoms with van der Waals surface area (Å²) in [5.74, 6) is 0.302. The van der Waals surface area contributed by atoms with Gasteiger partial charge in [-0.2, -0.15) is 0 Å². The molecule has 142 valence electrons. The fourth-order valence-electron chi connectivity index (χ4n) is 2.26. The summed E-state index contributed by atoms with van der Waals surface area (Å²) in [4.78, 5) is 0. The van der Waals surface area contributed by atoms with Gasteiger partial charge in [-0.05, 0) is 30.2 Å². The Labute approximate surface area is 211 Å². The molecule has 6 nitrogen and oxygen atoms in total. The number of nitrogens with zero attached hydrogens (tertiary/aromatic N) is 1. The number of ether oxygens (including phenoxy) is 1. The first-order valence-corrected chi connectivity index (χ1v) is 9.88. The zero-order valence-electron chi connectivity index (χ0n) is 14.7. The molecule has 0 heterocycles. The van der Waals surface area contributed by atoms with Crippen LogP contribution in [0.1, 0.15) is 5.56 Å². The van der Waals surface area contributed by atoms with E-state index in [-0.39, 0.29) is 76.1 Å². The maximum atomic E-state index is 11.4. The van der Waals surface area contributed by atoms with Crippen molar-refractivity contribution >= 4 is 33.5 Å². The van der Waals surface area contributed by atoms with Gasteiger partial charge in [-0.25, -0.2) is 12.7 Å². The number of halogens is 2. The molecule has 27 heavy (non-hydrogen) atoms. The predicted octanol–water partition coefficient (Wildman–Crippen LogP) is -0.258. The van der Waals surface area contributed by atoms with Crippen LogP contribution in [0.25, 0.3) is 0 Å². The van der Waals surface area contributed by atoms with Crippen LogP contribution < -0.4 is 56.1 Å². The quantitative estimate of drug-likeness (QED) is 0.413. The first-order chi connectivity index (χ1) is 12.3. The Balaban J connectivity index is 0.00000364. The normalized spacial score (nSPS) is 12.5. The van der Waals surface area contributed by atoms with E-state index in [4.69, 9.17) is 27.9 Å². The van der Waals surface area contributed by atoms with Gasteiger partial charge < -0.3 is 14.4 Å². The summed E-state index contributed by atoms with van der Waals surface area (Å²) in [5.41, 5.74) is 0.889. The number of hydrogen-bond donors (Lipinski definition) is 1. The van der Waals surface area contributed by atoms with Crippen LogP contribution in [0.5, 0.6) is 5.75 Å². The van der Waals surface area contributed by atoms with Gasteiger partial charge in [0.2, 0.25) is 0 Å². The van der Waals surface area contributed by atoms with E-state index >= 15 is 0 Å². The Bertz CT molecular complexity index is 823. The van der Waals surface area contributed by atoms with Crippen LogP contribution in [0.15, 0.2) is 48.5 Å². The van der Waals surface area contributed by atoms with Crippen molar-refractivity contribution in [2.45, 2.75) is 12.5 Å². The number of aliphatic hydroxyl groups excluding tert-OH is 1. The molecule has 0 saturated heterocycles. The molecule has 0 aromatic heterocycles. The van der Waals surface area contributed by atoms with E-state index in [1.165, 1.54) is 12.1 Å². The molecule has 0 aliphatic rings. The molecule has 0 radical (unpaired) electrons. The van der Waals surface area contributed by atoms with Crippen molar-refractivity contribution in [3.05, 3.63) is 64.1 Å². The molecule has 0 amide bonds. The summed E-state index contributed by atoms with van der Waals surface area (Å²) in [6, 6.07) is 13.7. The molecule has 1 atom stereocenters. The molecule has 1 unspecified atom stereocenters. The van der Waals surface area contributed by atoms with E-state index in [2.05, 4.69) is 0 Å². The third-order valence-electron chi connectivity index (χ3n) is 3.55. The zero-order chi connectivity index (χ0) is 19.2. The van der Waals surface area contributed by atoms with Gasteiger partial charge in [-0.3, -0.25) is 0 Å². The molecule has 1 N–H and O–H groups in total. The SMILES string of the molecule is O=S(=O)([O-])N(CCc1ccccc1)CC(O)COc1ccc(Cl)cc1Cl.[K+]. The summed E-state index contributed by atoms with van der Waals surface area (Å²) in [7, 11) is -4.70. The van der Waals surface area contributed by atoms with E-state index in [0.717, 1.165) is 5.56 Å². The van der Waals surface area contributed by atoms with Crippen molar-refractivity contribution in [2.75, 3.05) is 19.7 Å². The van der Waals surface area contributed by atoms with Crippen LogP contribution in [-0.2, 0) is 16.7 Å². The van der Waals surface area contributed by atoms with E-state index in [1.807, 2.05) is 30.3 Å². The van der Waals surface area contributed by atoms with Gasteiger partial charge in [0, 0.05) is 18.1 Å². The fraction of sp³-hybridized carbons (Fsp3) is 0.294. The molecule has 0 aliphatic heterocycles. The second-order valence-corrected chi connectivity index (χ2v) is 7.81. The predicted molar refractivity (Wildman–Crippen MR) is 99.4 cm³/mol. The maximum Gasteiger partial charge on any atom is 1.00 e. The molecular formula is C17H18Cl2KNO5S. The molecule has 2 aromatic rings. The largest absolute Gasteiger partial charge is 1.00 e. The van der Waals surface area contributed by atoms with Crippen molar-refractivity contribution in [3.8, 4) is 5.75 Å². The molecule has 2 aromatic carbocycles. The smallest absolute Gasteiger partial charge is 0.735 e. The van der Waals surface area contributed by atoms with E-state index < -0.39 is 16.4 Å². The zero-order valence-corrected chi connectivity index (χ0v) is 20.2. The number of hydrogen-bond acceptors (Lipinski definition) is 5. The molecular weight excluding hydrogens is 440 g/mol. The summed E-state index contributed by atoms with van der Waals surface area (Å²) < 4.78 is 40.4. The Morgan fingerprint density at radius 1 is 1.15 bits per heavy atom. The number of rotatable bonds is 9. The maximum absolute atomic E-state index is 11.4. The minimum absolute atomic E-state index is 0. The van der Waals surface area contributed by atoms with Gasteiger partial charge >= 0.3 is 51.4 Å². The fourth-order valence-corrected chi connectivity index (χ4v) is 3.39. The van der Waals surface area contributed by atoms with Crippen LogP contribution in [0.3, 0.4) is 0 Å². The molecule has 0 aliphatic carbocycles. The summed E-state index contributed by atoms with van der Waals surface area (Å²) in [6.45, 7) is -0.628. The van der Waals surface area contributed by atoms with Gasteiger partial charge in [0.15, 0.2) is 10.3 Å². The Kier molecular flexibility index (Phi) is 11.3. The first kappa shape index (κ1) is 25.3. The van der Waals surface area contributed by atoms with Crippen molar-refractivity contribution in [1.82, 2.24) is 4.31 Å². The Hall–Kier alpha value is 0.286. The Morgan fingerprint density at radius 3 is 2.41 bits per heavy atom. The van der Waals surface area contributed by atoms with Gasteiger partial charge in [0.1, 0.15) is 18.5 Å². The standard InChI is InChI=1S/C17H19Cl2NO5S.K/c18-14-6-7-17(16(19)10-14)25-12-15(21)11-20(26(22,23)24)9-8-13-4-2-1-3-5-13;/h1-7,10,15,21H,8-9,11-12H2,(H,22,23,24);/q;+1/p-1. The second-order valence-electron chi connectivity index (χ2n) is 5.59. The van der Waals surface area contributed by atoms with Crippen LogP contribution in [0.2, 0.25) is 10.0 Å². The van der Waals surface area contributed by atoms with Gasteiger partial charge in [-0.15, -0.1) is 0 Å².